The summed E-state index contributed by atoms with van der Waals surface area (Å²) in [6.45, 7) is 11.3. The molecule has 18 heavy (non-hydrogen) atoms. The second-order valence-corrected chi connectivity index (χ2v) is 6.63. The Kier molecular flexibility index (Phi) is 6.61. The van der Waals surface area contributed by atoms with Crippen molar-refractivity contribution in [3.05, 3.63) is 0 Å². The molecule has 1 N–H and O–H groups in total. The molecule has 0 amide bonds. The summed E-state index contributed by atoms with van der Waals surface area (Å²) >= 11 is 0. The lowest BCUT2D eigenvalue weighted by Crippen LogP contribution is -2.47. The second kappa shape index (κ2) is 7.46. The van der Waals surface area contributed by atoms with E-state index in [0.29, 0.717) is 30.1 Å². The number of nitrogens with one attached hydrogen (secondary N) is 1. The predicted molar refractivity (Wildman–Crippen MR) is 77.9 cm³/mol. The third-order valence-electron chi connectivity index (χ3n) is 3.86. The number of hydrogen-bond donors (Lipinski definition) is 1. The molecule has 2 atom stereocenters. The Hall–Kier alpha value is -0.120. The summed E-state index contributed by atoms with van der Waals surface area (Å²) in [5.41, 5.74) is 0. The Morgan fingerprint density at radius 2 is 1.56 bits per heavy atom. The first kappa shape index (κ1) is 15.9. The van der Waals surface area contributed by atoms with E-state index in [1.54, 1.807) is 0 Å². The fraction of sp³-hybridized carbons (Fsp3) is 1.00. The van der Waals surface area contributed by atoms with Gasteiger partial charge in [0.2, 0.25) is 0 Å². The fourth-order valence-electron chi connectivity index (χ4n) is 2.51. The van der Waals surface area contributed by atoms with Crippen LogP contribution >= 0.6 is 0 Å². The molecule has 1 aliphatic rings. The molecule has 2 unspecified atom stereocenters. The lowest BCUT2D eigenvalue weighted by Gasteiger charge is -2.39. The van der Waals surface area contributed by atoms with Crippen molar-refractivity contribution in [2.24, 2.45) is 11.8 Å². The molecule has 3 nitrogen and oxygen atoms in total. The van der Waals surface area contributed by atoms with Crippen molar-refractivity contribution in [1.82, 2.24) is 10.2 Å². The molecular formula is C15H32N2O. The van der Waals surface area contributed by atoms with E-state index < -0.39 is 0 Å². The highest BCUT2D eigenvalue weighted by atomic mass is 16.5. The van der Waals surface area contributed by atoms with Gasteiger partial charge in [0.25, 0.3) is 0 Å². The summed E-state index contributed by atoms with van der Waals surface area (Å²) in [6, 6.07) is 0.624. The van der Waals surface area contributed by atoms with Crippen LogP contribution in [0.3, 0.4) is 0 Å². The number of nitrogens with zero attached hydrogens (tertiary/aromatic N) is 1. The van der Waals surface area contributed by atoms with E-state index in [1.807, 2.05) is 0 Å². The smallest absolute Gasteiger partial charge is 0.0616 e. The molecule has 108 valence electrons. The molecule has 1 saturated heterocycles. The Labute approximate surface area is 113 Å². The average molecular weight is 256 g/mol. The quantitative estimate of drug-likeness (QED) is 0.789. The highest BCUT2D eigenvalue weighted by molar-refractivity contribution is 4.85. The van der Waals surface area contributed by atoms with E-state index in [9.17, 15) is 0 Å². The lowest BCUT2D eigenvalue weighted by atomic mass is 9.88. The third kappa shape index (κ3) is 5.25. The van der Waals surface area contributed by atoms with Gasteiger partial charge in [-0.1, -0.05) is 27.7 Å². The van der Waals surface area contributed by atoms with E-state index >= 15 is 0 Å². The molecule has 0 spiro atoms. The molecule has 0 aromatic rings. The molecular weight excluding hydrogens is 224 g/mol. The second-order valence-electron chi connectivity index (χ2n) is 6.63. The number of hydrogen-bond acceptors (Lipinski definition) is 3. The molecule has 1 heterocycles. The van der Waals surface area contributed by atoms with E-state index in [1.165, 1.54) is 0 Å². The molecule has 0 bridgehead atoms. The van der Waals surface area contributed by atoms with E-state index in [0.717, 1.165) is 25.9 Å². The van der Waals surface area contributed by atoms with Crippen LogP contribution in [0.5, 0.6) is 0 Å². The van der Waals surface area contributed by atoms with E-state index in [4.69, 9.17) is 4.74 Å². The van der Waals surface area contributed by atoms with Crippen LogP contribution in [-0.2, 0) is 4.74 Å². The van der Waals surface area contributed by atoms with Crippen molar-refractivity contribution in [2.75, 3.05) is 27.2 Å². The van der Waals surface area contributed by atoms with Gasteiger partial charge < -0.3 is 15.0 Å². The Balaban J connectivity index is 2.45. The minimum atomic E-state index is 0.419. The van der Waals surface area contributed by atoms with Crippen LogP contribution in [0.1, 0.15) is 40.5 Å². The first-order valence-electron chi connectivity index (χ1n) is 7.43. The zero-order chi connectivity index (χ0) is 13.7. The van der Waals surface area contributed by atoms with Crippen molar-refractivity contribution in [3.8, 4) is 0 Å². The maximum atomic E-state index is 6.22. The van der Waals surface area contributed by atoms with Crippen molar-refractivity contribution in [3.63, 3.8) is 0 Å². The zero-order valence-corrected chi connectivity index (χ0v) is 13.1. The maximum absolute atomic E-state index is 6.22. The van der Waals surface area contributed by atoms with Crippen LogP contribution < -0.4 is 5.32 Å². The Morgan fingerprint density at radius 3 is 1.94 bits per heavy atom. The highest BCUT2D eigenvalue weighted by Gasteiger charge is 2.32. The third-order valence-corrected chi connectivity index (χ3v) is 3.86. The van der Waals surface area contributed by atoms with Gasteiger partial charge in [0.15, 0.2) is 0 Å². The summed E-state index contributed by atoms with van der Waals surface area (Å²) in [6.07, 6.45) is 3.16. The van der Waals surface area contributed by atoms with Crippen molar-refractivity contribution < 1.29 is 4.74 Å². The van der Waals surface area contributed by atoms with Gasteiger partial charge in [0, 0.05) is 19.1 Å². The summed E-state index contributed by atoms with van der Waals surface area (Å²) in [5.74, 6) is 1.23. The number of ether oxygens (including phenoxy) is 1. The monoisotopic (exact) mass is 256 g/mol. The normalized spacial score (nSPS) is 29.5. The molecule has 1 rings (SSSR count). The highest BCUT2D eigenvalue weighted by Crippen LogP contribution is 2.28. The average Bonchev–Trinajstić information content (AvgIpc) is 2.28. The fourth-order valence-corrected chi connectivity index (χ4v) is 2.51. The summed E-state index contributed by atoms with van der Waals surface area (Å²) in [5, 5.41) is 3.70. The number of rotatable bonds is 6. The molecule has 0 radical (unpaired) electrons. The standard InChI is InChI=1S/C15H32N2O/c1-11(2)14-9-13(16-7-8-17(5)6)10-15(18-14)12(3)4/h11-16H,7-10H2,1-6H3. The lowest BCUT2D eigenvalue weighted by molar-refractivity contribution is -0.0993. The summed E-state index contributed by atoms with van der Waals surface area (Å²) in [7, 11) is 4.25. The van der Waals surface area contributed by atoms with Gasteiger partial charge in [-0.2, -0.15) is 0 Å². The maximum Gasteiger partial charge on any atom is 0.0616 e. The molecule has 0 aromatic carbocycles. The van der Waals surface area contributed by atoms with Crippen LogP contribution in [0.4, 0.5) is 0 Å². The van der Waals surface area contributed by atoms with Crippen LogP contribution in [0, 0.1) is 11.8 Å². The first-order valence-corrected chi connectivity index (χ1v) is 7.43. The summed E-state index contributed by atoms with van der Waals surface area (Å²) in [4.78, 5) is 2.23. The van der Waals surface area contributed by atoms with Crippen LogP contribution in [-0.4, -0.2) is 50.3 Å². The van der Waals surface area contributed by atoms with Gasteiger partial charge in [-0.3, -0.25) is 0 Å². The first-order chi connectivity index (χ1) is 8.40. The minimum absolute atomic E-state index is 0.419. The molecule has 0 aromatic heterocycles. The molecule has 3 heteroatoms. The summed E-state index contributed by atoms with van der Waals surface area (Å²) < 4.78 is 6.22. The predicted octanol–water partition coefficient (Wildman–Crippen LogP) is 2.37. The van der Waals surface area contributed by atoms with E-state index in [-0.39, 0.29) is 0 Å². The molecule has 0 saturated carbocycles. The SMILES string of the molecule is CC(C)C1CC(NCCN(C)C)CC(C(C)C)O1. The van der Waals surface area contributed by atoms with Crippen molar-refractivity contribution in [1.29, 1.82) is 0 Å². The molecule has 0 aliphatic carbocycles. The van der Waals surface area contributed by atoms with Crippen molar-refractivity contribution >= 4 is 0 Å². The van der Waals surface area contributed by atoms with Gasteiger partial charge in [0.05, 0.1) is 12.2 Å². The van der Waals surface area contributed by atoms with Crippen LogP contribution in [0.15, 0.2) is 0 Å². The van der Waals surface area contributed by atoms with Gasteiger partial charge in [-0.15, -0.1) is 0 Å². The minimum Gasteiger partial charge on any atom is -0.374 e. The van der Waals surface area contributed by atoms with Crippen LogP contribution in [0.25, 0.3) is 0 Å². The van der Waals surface area contributed by atoms with Crippen LogP contribution in [0.2, 0.25) is 0 Å². The largest absolute Gasteiger partial charge is 0.374 e. The van der Waals surface area contributed by atoms with Gasteiger partial charge in [0.1, 0.15) is 0 Å². The zero-order valence-electron chi connectivity index (χ0n) is 13.1. The topological polar surface area (TPSA) is 24.5 Å². The van der Waals surface area contributed by atoms with Crippen molar-refractivity contribution in [2.45, 2.75) is 58.8 Å². The van der Waals surface area contributed by atoms with E-state index in [2.05, 4.69) is 52.0 Å². The van der Waals surface area contributed by atoms with Gasteiger partial charge in [-0.25, -0.2) is 0 Å². The Bertz CT molecular complexity index is 213. The Morgan fingerprint density at radius 1 is 1.06 bits per heavy atom. The molecule has 1 aliphatic heterocycles. The van der Waals surface area contributed by atoms with Gasteiger partial charge in [-0.05, 0) is 38.8 Å². The van der Waals surface area contributed by atoms with Gasteiger partial charge >= 0.3 is 0 Å². The molecule has 1 fully saturated rings. The number of likely N-dealkylation sites (N-methyl/N-ethyl adjacent to an activating group) is 1.